The monoisotopic (exact) mass is 444 g/mol. The minimum absolute atomic E-state index is 0.0849. The number of aliphatic imine (C=N–C) groups is 1. The predicted molar refractivity (Wildman–Crippen MR) is 125 cm³/mol. The molecule has 1 aliphatic heterocycles. The zero-order chi connectivity index (χ0) is 22.1. The van der Waals surface area contributed by atoms with Gasteiger partial charge < -0.3 is 20.7 Å². The molecule has 1 aromatic heterocycles. The molecule has 1 aliphatic rings. The average Bonchev–Trinajstić information content (AvgIpc) is 3.47. The van der Waals surface area contributed by atoms with Crippen molar-refractivity contribution in [1.29, 1.82) is 0 Å². The highest BCUT2D eigenvalue weighted by Crippen LogP contribution is 2.26. The first-order chi connectivity index (χ1) is 15.1. The van der Waals surface area contributed by atoms with Crippen LogP contribution in [0.4, 0.5) is 0 Å². The molecule has 1 unspecified atom stereocenters. The Morgan fingerprint density at radius 2 is 1.90 bits per heavy atom. The van der Waals surface area contributed by atoms with Gasteiger partial charge in [-0.25, -0.2) is 4.98 Å². The molecule has 2 aromatic rings. The fourth-order valence-corrected chi connectivity index (χ4v) is 4.43. The zero-order valence-corrected chi connectivity index (χ0v) is 19.3. The molecule has 3 rings (SSSR count). The van der Waals surface area contributed by atoms with Gasteiger partial charge in [0, 0.05) is 26.7 Å². The number of methoxy groups -OCH3 is 1. The molecule has 1 aromatic carbocycles. The van der Waals surface area contributed by atoms with E-state index in [-0.39, 0.29) is 11.9 Å². The molecule has 3 N–H and O–H groups in total. The van der Waals surface area contributed by atoms with Crippen molar-refractivity contribution in [3.63, 3.8) is 0 Å². The number of aromatic nitrogens is 1. The third-order valence-corrected chi connectivity index (χ3v) is 6.35. The Hall–Kier alpha value is -2.65. The number of thiazole rings is 1. The highest BCUT2D eigenvalue weighted by atomic mass is 32.1. The Kier molecular flexibility index (Phi) is 8.66. The molecule has 9 heteroatoms. The number of carbonyl (C=O) groups excluding carboxylic acids is 1. The maximum Gasteiger partial charge on any atom is 0.263 e. The Balaban J connectivity index is 1.49. The number of ether oxygens (including phenoxy) is 1. The summed E-state index contributed by atoms with van der Waals surface area (Å²) in [6.07, 6.45) is 2.47. The third-order valence-electron chi connectivity index (χ3n) is 5.42. The van der Waals surface area contributed by atoms with Gasteiger partial charge in [-0.05, 0) is 50.6 Å². The standard InChI is InChI=1S/C22H32N6O2S/c1-16-20(31-15-27-16)21(29)24-10-11-25-22(23-2)26-14-19(28-12-4-5-13-28)17-6-8-18(30-3)9-7-17/h6-9,15,19H,4-5,10-14H2,1-3H3,(H,24,29)(H2,23,25,26). The highest BCUT2D eigenvalue weighted by molar-refractivity contribution is 7.11. The number of nitrogens with one attached hydrogen (secondary N) is 3. The molecule has 0 radical (unpaired) electrons. The first-order valence-electron chi connectivity index (χ1n) is 10.6. The second-order valence-electron chi connectivity index (χ2n) is 7.43. The van der Waals surface area contributed by atoms with Gasteiger partial charge >= 0.3 is 0 Å². The smallest absolute Gasteiger partial charge is 0.263 e. The average molecular weight is 445 g/mol. The van der Waals surface area contributed by atoms with Crippen LogP contribution in [0.3, 0.4) is 0 Å². The van der Waals surface area contributed by atoms with Gasteiger partial charge in [-0.3, -0.25) is 14.7 Å². The largest absolute Gasteiger partial charge is 0.497 e. The topological polar surface area (TPSA) is 90.9 Å². The number of carbonyl (C=O) groups is 1. The zero-order valence-electron chi connectivity index (χ0n) is 18.5. The van der Waals surface area contributed by atoms with E-state index in [0.717, 1.165) is 37.0 Å². The number of hydrogen-bond donors (Lipinski definition) is 3. The van der Waals surface area contributed by atoms with Crippen LogP contribution in [-0.2, 0) is 0 Å². The van der Waals surface area contributed by atoms with Gasteiger partial charge in [0.2, 0.25) is 0 Å². The predicted octanol–water partition coefficient (Wildman–Crippen LogP) is 2.19. The number of aryl methyl sites for hydroxylation is 1. The van der Waals surface area contributed by atoms with Crippen LogP contribution in [0.2, 0.25) is 0 Å². The molecule has 1 fully saturated rings. The minimum atomic E-state index is -0.0849. The van der Waals surface area contributed by atoms with E-state index in [1.807, 2.05) is 19.1 Å². The van der Waals surface area contributed by atoms with Crippen molar-refractivity contribution in [2.75, 3.05) is 46.9 Å². The van der Waals surface area contributed by atoms with Crippen LogP contribution in [0.25, 0.3) is 0 Å². The number of amides is 1. The van der Waals surface area contributed by atoms with Crippen molar-refractivity contribution >= 4 is 23.2 Å². The van der Waals surface area contributed by atoms with Crippen molar-refractivity contribution in [2.45, 2.75) is 25.8 Å². The molecule has 2 heterocycles. The lowest BCUT2D eigenvalue weighted by atomic mass is 10.1. The lowest BCUT2D eigenvalue weighted by Gasteiger charge is -2.29. The van der Waals surface area contributed by atoms with Crippen molar-refractivity contribution in [3.8, 4) is 5.75 Å². The number of likely N-dealkylation sites (tertiary alicyclic amines) is 1. The summed E-state index contributed by atoms with van der Waals surface area (Å²) < 4.78 is 5.30. The molecule has 0 bridgehead atoms. The fraction of sp³-hybridized carbons (Fsp3) is 0.500. The summed E-state index contributed by atoms with van der Waals surface area (Å²) in [7, 11) is 3.44. The Morgan fingerprint density at radius 3 is 2.52 bits per heavy atom. The number of hydrogen-bond acceptors (Lipinski definition) is 6. The molecule has 8 nitrogen and oxygen atoms in total. The van der Waals surface area contributed by atoms with Crippen LogP contribution < -0.4 is 20.7 Å². The van der Waals surface area contributed by atoms with E-state index in [0.29, 0.717) is 18.0 Å². The third kappa shape index (κ3) is 6.41. The molecule has 31 heavy (non-hydrogen) atoms. The quantitative estimate of drug-likeness (QED) is 0.312. The van der Waals surface area contributed by atoms with Gasteiger partial charge in [0.05, 0.1) is 24.4 Å². The molecule has 0 aliphatic carbocycles. The van der Waals surface area contributed by atoms with Crippen LogP contribution >= 0.6 is 11.3 Å². The summed E-state index contributed by atoms with van der Waals surface area (Å²) in [4.78, 5) is 23.8. The molecular formula is C22H32N6O2S. The van der Waals surface area contributed by atoms with E-state index < -0.39 is 0 Å². The number of nitrogens with zero attached hydrogens (tertiary/aromatic N) is 3. The lowest BCUT2D eigenvalue weighted by Crippen LogP contribution is -2.44. The molecule has 168 valence electrons. The molecule has 1 amide bonds. The summed E-state index contributed by atoms with van der Waals surface area (Å²) in [6, 6.07) is 8.56. The summed E-state index contributed by atoms with van der Waals surface area (Å²) in [6.45, 7) is 5.89. The maximum atomic E-state index is 12.2. The van der Waals surface area contributed by atoms with Gasteiger partial charge in [0.1, 0.15) is 10.6 Å². The van der Waals surface area contributed by atoms with E-state index in [1.165, 1.54) is 29.7 Å². The molecule has 1 atom stereocenters. The van der Waals surface area contributed by atoms with Crippen molar-refractivity contribution in [3.05, 3.63) is 45.9 Å². The summed E-state index contributed by atoms with van der Waals surface area (Å²) in [5.74, 6) is 1.50. The van der Waals surface area contributed by atoms with E-state index >= 15 is 0 Å². The number of rotatable bonds is 9. The lowest BCUT2D eigenvalue weighted by molar-refractivity contribution is 0.0957. The molecule has 0 saturated carbocycles. The Bertz CT molecular complexity index is 861. The first-order valence-corrected chi connectivity index (χ1v) is 11.5. The second-order valence-corrected chi connectivity index (χ2v) is 8.29. The van der Waals surface area contributed by atoms with Gasteiger partial charge in [-0.1, -0.05) is 12.1 Å². The Morgan fingerprint density at radius 1 is 1.19 bits per heavy atom. The SMILES string of the molecule is CN=C(NCCNC(=O)c1scnc1C)NCC(c1ccc(OC)cc1)N1CCCC1. The minimum Gasteiger partial charge on any atom is -0.497 e. The van der Waals surface area contributed by atoms with Crippen LogP contribution in [0.15, 0.2) is 34.8 Å². The van der Waals surface area contributed by atoms with Crippen LogP contribution in [0.5, 0.6) is 5.75 Å². The van der Waals surface area contributed by atoms with Crippen molar-refractivity contribution < 1.29 is 9.53 Å². The van der Waals surface area contributed by atoms with E-state index in [2.05, 4.69) is 43.0 Å². The fourth-order valence-electron chi connectivity index (χ4n) is 3.71. The summed E-state index contributed by atoms with van der Waals surface area (Å²) in [5.41, 5.74) is 3.71. The van der Waals surface area contributed by atoms with Crippen molar-refractivity contribution in [1.82, 2.24) is 25.8 Å². The normalized spacial score (nSPS) is 15.5. The first kappa shape index (κ1) is 23.0. The van der Waals surface area contributed by atoms with E-state index in [1.54, 1.807) is 19.7 Å². The van der Waals surface area contributed by atoms with E-state index in [9.17, 15) is 4.79 Å². The van der Waals surface area contributed by atoms with Gasteiger partial charge in [0.15, 0.2) is 5.96 Å². The summed E-state index contributed by atoms with van der Waals surface area (Å²) in [5, 5.41) is 9.64. The maximum absolute atomic E-state index is 12.2. The van der Waals surface area contributed by atoms with E-state index in [4.69, 9.17) is 4.74 Å². The van der Waals surface area contributed by atoms with Crippen LogP contribution in [0.1, 0.15) is 39.8 Å². The van der Waals surface area contributed by atoms with Gasteiger partial charge in [-0.2, -0.15) is 0 Å². The van der Waals surface area contributed by atoms with Gasteiger partial charge in [-0.15, -0.1) is 11.3 Å². The van der Waals surface area contributed by atoms with Crippen LogP contribution in [0, 0.1) is 6.92 Å². The second kappa shape index (κ2) is 11.7. The van der Waals surface area contributed by atoms with Gasteiger partial charge in [0.25, 0.3) is 5.91 Å². The van der Waals surface area contributed by atoms with Crippen LogP contribution in [-0.4, -0.2) is 68.6 Å². The number of benzene rings is 1. The molecule has 0 spiro atoms. The highest BCUT2D eigenvalue weighted by Gasteiger charge is 2.23. The molecule has 1 saturated heterocycles. The molecular weight excluding hydrogens is 412 g/mol. The summed E-state index contributed by atoms with van der Waals surface area (Å²) >= 11 is 1.36. The van der Waals surface area contributed by atoms with Crippen molar-refractivity contribution in [2.24, 2.45) is 4.99 Å². The number of guanidine groups is 1. The Labute approximate surface area is 188 Å².